The van der Waals surface area contributed by atoms with Crippen LogP contribution < -0.4 is 10.6 Å². The van der Waals surface area contributed by atoms with Crippen LogP contribution in [0.3, 0.4) is 0 Å². The SMILES string of the molecule is CC(C)[C@H](NC(=O)NCCC1CCCCC1)C(=O)O. The Morgan fingerprint density at radius 1 is 1.21 bits per heavy atom. The van der Waals surface area contributed by atoms with E-state index in [4.69, 9.17) is 5.11 Å². The van der Waals surface area contributed by atoms with Crippen LogP contribution in [-0.4, -0.2) is 29.7 Å². The van der Waals surface area contributed by atoms with Gasteiger partial charge in [-0.05, 0) is 18.3 Å². The van der Waals surface area contributed by atoms with Gasteiger partial charge in [-0.2, -0.15) is 0 Å². The number of carboxylic acids is 1. The highest BCUT2D eigenvalue weighted by molar-refractivity contribution is 5.82. The summed E-state index contributed by atoms with van der Waals surface area (Å²) < 4.78 is 0. The maximum absolute atomic E-state index is 11.6. The summed E-state index contributed by atoms with van der Waals surface area (Å²) in [5.74, 6) is -0.395. The molecule has 1 rings (SSSR count). The van der Waals surface area contributed by atoms with Gasteiger partial charge in [-0.1, -0.05) is 46.0 Å². The van der Waals surface area contributed by atoms with Crippen molar-refractivity contribution in [1.82, 2.24) is 10.6 Å². The highest BCUT2D eigenvalue weighted by Gasteiger charge is 2.23. The molecule has 0 aromatic heterocycles. The van der Waals surface area contributed by atoms with Crippen molar-refractivity contribution in [3.05, 3.63) is 0 Å². The maximum Gasteiger partial charge on any atom is 0.326 e. The summed E-state index contributed by atoms with van der Waals surface area (Å²) in [7, 11) is 0. The number of hydrogen-bond acceptors (Lipinski definition) is 2. The molecule has 5 nitrogen and oxygen atoms in total. The first kappa shape index (κ1) is 15.8. The Bertz CT molecular complexity index is 299. The molecule has 0 heterocycles. The fourth-order valence-electron chi connectivity index (χ4n) is 2.57. The molecule has 1 fully saturated rings. The van der Waals surface area contributed by atoms with Crippen LogP contribution in [0.1, 0.15) is 52.4 Å². The zero-order valence-corrected chi connectivity index (χ0v) is 11.9. The van der Waals surface area contributed by atoms with E-state index in [1.54, 1.807) is 13.8 Å². The Hall–Kier alpha value is -1.26. The largest absolute Gasteiger partial charge is 0.480 e. The second-order valence-corrected chi connectivity index (χ2v) is 5.75. The van der Waals surface area contributed by atoms with Crippen LogP contribution in [0.5, 0.6) is 0 Å². The number of nitrogens with one attached hydrogen (secondary N) is 2. The van der Waals surface area contributed by atoms with Crippen molar-refractivity contribution >= 4 is 12.0 Å². The van der Waals surface area contributed by atoms with Crippen molar-refractivity contribution in [1.29, 1.82) is 0 Å². The summed E-state index contributed by atoms with van der Waals surface area (Å²) in [5.41, 5.74) is 0. The Morgan fingerprint density at radius 2 is 1.84 bits per heavy atom. The van der Waals surface area contributed by atoms with Crippen LogP contribution in [0.2, 0.25) is 0 Å². The second kappa shape index (κ2) is 8.02. The van der Waals surface area contributed by atoms with Gasteiger partial charge in [0, 0.05) is 6.54 Å². The van der Waals surface area contributed by atoms with Crippen LogP contribution in [0.15, 0.2) is 0 Å². The van der Waals surface area contributed by atoms with Gasteiger partial charge in [-0.15, -0.1) is 0 Å². The van der Waals surface area contributed by atoms with Crippen molar-refractivity contribution < 1.29 is 14.7 Å². The summed E-state index contributed by atoms with van der Waals surface area (Å²) in [5, 5.41) is 14.2. The summed E-state index contributed by atoms with van der Waals surface area (Å²) in [6.07, 6.45) is 7.43. The lowest BCUT2D eigenvalue weighted by Crippen LogP contribution is -2.48. The molecule has 0 unspecified atom stereocenters. The average molecular weight is 270 g/mol. The molecule has 0 aromatic carbocycles. The molecule has 5 heteroatoms. The fraction of sp³-hybridized carbons (Fsp3) is 0.857. The monoisotopic (exact) mass is 270 g/mol. The molecule has 0 aromatic rings. The third kappa shape index (κ3) is 5.94. The second-order valence-electron chi connectivity index (χ2n) is 5.75. The number of amides is 2. The normalized spacial score (nSPS) is 18.1. The molecular formula is C14H26N2O3. The molecule has 19 heavy (non-hydrogen) atoms. The average Bonchev–Trinajstić information content (AvgIpc) is 2.36. The van der Waals surface area contributed by atoms with E-state index in [9.17, 15) is 9.59 Å². The molecule has 1 aliphatic carbocycles. The molecule has 0 spiro atoms. The number of hydrogen-bond donors (Lipinski definition) is 3. The van der Waals surface area contributed by atoms with Gasteiger partial charge < -0.3 is 15.7 Å². The number of carbonyl (C=O) groups is 2. The van der Waals surface area contributed by atoms with Gasteiger partial charge in [0.2, 0.25) is 0 Å². The van der Waals surface area contributed by atoms with E-state index < -0.39 is 12.0 Å². The number of rotatable bonds is 6. The van der Waals surface area contributed by atoms with Crippen molar-refractivity contribution in [2.75, 3.05) is 6.54 Å². The van der Waals surface area contributed by atoms with Gasteiger partial charge in [0.1, 0.15) is 6.04 Å². The van der Waals surface area contributed by atoms with Crippen LogP contribution in [0.4, 0.5) is 4.79 Å². The Kier molecular flexibility index (Phi) is 6.67. The number of urea groups is 1. The van der Waals surface area contributed by atoms with E-state index in [-0.39, 0.29) is 11.9 Å². The Morgan fingerprint density at radius 3 is 2.37 bits per heavy atom. The van der Waals surface area contributed by atoms with Crippen LogP contribution in [0.25, 0.3) is 0 Å². The summed E-state index contributed by atoms with van der Waals surface area (Å²) in [6.45, 7) is 4.18. The van der Waals surface area contributed by atoms with E-state index in [1.165, 1.54) is 32.1 Å². The van der Waals surface area contributed by atoms with Crippen LogP contribution >= 0.6 is 0 Å². The van der Waals surface area contributed by atoms with Crippen LogP contribution in [-0.2, 0) is 4.79 Å². The molecule has 0 aliphatic heterocycles. The number of aliphatic carboxylic acids is 1. The predicted octanol–water partition coefficient (Wildman–Crippen LogP) is 2.37. The van der Waals surface area contributed by atoms with Crippen LogP contribution in [0, 0.1) is 11.8 Å². The zero-order valence-electron chi connectivity index (χ0n) is 11.9. The van der Waals surface area contributed by atoms with Crippen molar-refractivity contribution in [2.45, 2.75) is 58.4 Å². The first-order valence-corrected chi connectivity index (χ1v) is 7.28. The van der Waals surface area contributed by atoms with Crippen molar-refractivity contribution in [3.63, 3.8) is 0 Å². The fourth-order valence-corrected chi connectivity index (χ4v) is 2.57. The summed E-state index contributed by atoms with van der Waals surface area (Å²) >= 11 is 0. The predicted molar refractivity (Wildman–Crippen MR) is 74.0 cm³/mol. The molecule has 1 aliphatic rings. The van der Waals surface area contributed by atoms with Crippen molar-refractivity contribution in [2.24, 2.45) is 11.8 Å². The molecule has 1 atom stereocenters. The molecule has 0 radical (unpaired) electrons. The lowest BCUT2D eigenvalue weighted by Gasteiger charge is -2.22. The Balaban J connectivity index is 2.21. The first-order chi connectivity index (χ1) is 9.00. The zero-order chi connectivity index (χ0) is 14.3. The minimum absolute atomic E-state index is 0.124. The third-order valence-electron chi connectivity index (χ3n) is 3.78. The third-order valence-corrected chi connectivity index (χ3v) is 3.78. The summed E-state index contributed by atoms with van der Waals surface area (Å²) in [6, 6.07) is -1.20. The smallest absolute Gasteiger partial charge is 0.326 e. The maximum atomic E-state index is 11.6. The van der Waals surface area contributed by atoms with Gasteiger partial charge in [-0.25, -0.2) is 9.59 Å². The van der Waals surface area contributed by atoms with Gasteiger partial charge in [0.05, 0.1) is 0 Å². The quantitative estimate of drug-likeness (QED) is 0.693. The number of carboxylic acid groups (broad SMARTS) is 1. The highest BCUT2D eigenvalue weighted by Crippen LogP contribution is 2.25. The van der Waals surface area contributed by atoms with Crippen molar-refractivity contribution in [3.8, 4) is 0 Å². The first-order valence-electron chi connectivity index (χ1n) is 7.28. The molecule has 3 N–H and O–H groups in total. The van der Waals surface area contributed by atoms with E-state index in [1.807, 2.05) is 0 Å². The minimum Gasteiger partial charge on any atom is -0.480 e. The van der Waals surface area contributed by atoms with Gasteiger partial charge in [0.25, 0.3) is 0 Å². The molecule has 0 bridgehead atoms. The van der Waals surface area contributed by atoms with E-state index >= 15 is 0 Å². The highest BCUT2D eigenvalue weighted by atomic mass is 16.4. The molecular weight excluding hydrogens is 244 g/mol. The van der Waals surface area contributed by atoms with Gasteiger partial charge in [-0.3, -0.25) is 0 Å². The van der Waals surface area contributed by atoms with E-state index in [2.05, 4.69) is 10.6 Å². The molecule has 110 valence electrons. The molecule has 0 saturated heterocycles. The Labute approximate surface area is 115 Å². The molecule has 1 saturated carbocycles. The minimum atomic E-state index is -0.988. The lowest BCUT2D eigenvalue weighted by molar-refractivity contribution is -0.140. The van der Waals surface area contributed by atoms with E-state index in [0.29, 0.717) is 6.54 Å². The number of carbonyl (C=O) groups excluding carboxylic acids is 1. The standard InChI is InChI=1S/C14H26N2O3/c1-10(2)12(13(17)18)16-14(19)15-9-8-11-6-4-3-5-7-11/h10-12H,3-9H2,1-2H3,(H,17,18)(H2,15,16,19)/t12-/m0/s1. The van der Waals surface area contributed by atoms with Gasteiger partial charge >= 0.3 is 12.0 Å². The van der Waals surface area contributed by atoms with Gasteiger partial charge in [0.15, 0.2) is 0 Å². The lowest BCUT2D eigenvalue weighted by atomic mass is 9.87. The summed E-state index contributed by atoms with van der Waals surface area (Å²) in [4.78, 5) is 22.6. The molecule has 2 amide bonds. The topological polar surface area (TPSA) is 78.4 Å². The van der Waals surface area contributed by atoms with E-state index in [0.717, 1.165) is 12.3 Å².